The predicted octanol–water partition coefficient (Wildman–Crippen LogP) is 9.25. The van der Waals surface area contributed by atoms with Crippen molar-refractivity contribution < 1.29 is 9.53 Å². The van der Waals surface area contributed by atoms with Crippen molar-refractivity contribution in [3.63, 3.8) is 0 Å². The molecule has 0 aliphatic rings. The Bertz CT molecular complexity index is 1590. The summed E-state index contributed by atoms with van der Waals surface area (Å²) in [5.74, 6) is 1.12. The summed E-state index contributed by atoms with van der Waals surface area (Å²) in [5.41, 5.74) is 3.83. The lowest BCUT2D eigenvalue weighted by molar-refractivity contribution is 0.0473. The van der Waals surface area contributed by atoms with Crippen LogP contribution < -0.4 is 0 Å². The number of hydrogen-bond donors (Lipinski definition) is 0. The molecule has 39 heavy (non-hydrogen) atoms. The van der Waals surface area contributed by atoms with Crippen molar-refractivity contribution in [2.45, 2.75) is 6.61 Å². The van der Waals surface area contributed by atoms with E-state index in [1.165, 1.54) is 0 Å². The highest BCUT2D eigenvalue weighted by atomic mass is 127. The first-order valence-electron chi connectivity index (χ1n) is 11.5. The number of hydrogen-bond acceptors (Lipinski definition) is 5. The summed E-state index contributed by atoms with van der Waals surface area (Å²) in [7, 11) is 0. The Balaban J connectivity index is 1.70. The molecular formula is C29H16I5N3O2. The van der Waals surface area contributed by atoms with Gasteiger partial charge in [0.1, 0.15) is 6.61 Å². The number of ether oxygens (including phenoxy) is 1. The van der Waals surface area contributed by atoms with Gasteiger partial charge in [-0.15, -0.1) is 0 Å². The topological polar surface area (TPSA) is 65.0 Å². The van der Waals surface area contributed by atoms with E-state index < -0.39 is 5.97 Å². The van der Waals surface area contributed by atoms with Crippen LogP contribution >= 0.6 is 113 Å². The van der Waals surface area contributed by atoms with Gasteiger partial charge < -0.3 is 4.74 Å². The van der Waals surface area contributed by atoms with Gasteiger partial charge in [0, 0.05) is 34.5 Å². The van der Waals surface area contributed by atoms with Gasteiger partial charge in [0.2, 0.25) is 0 Å². The molecule has 0 N–H and O–H groups in total. The average Bonchev–Trinajstić information content (AvgIpc) is 2.92. The Morgan fingerprint density at radius 2 is 0.949 bits per heavy atom. The summed E-state index contributed by atoms with van der Waals surface area (Å²) < 4.78 is 10.7. The smallest absolute Gasteiger partial charge is 0.339 e. The molecule has 0 fully saturated rings. The normalized spacial score (nSPS) is 10.9. The lowest BCUT2D eigenvalue weighted by Crippen LogP contribution is -2.10. The Hall–Kier alpha value is -0.990. The second-order valence-electron chi connectivity index (χ2n) is 8.22. The van der Waals surface area contributed by atoms with Crippen LogP contribution in [0.3, 0.4) is 0 Å². The van der Waals surface area contributed by atoms with Crippen LogP contribution in [-0.4, -0.2) is 20.9 Å². The molecule has 0 amide bonds. The van der Waals surface area contributed by atoms with Crippen LogP contribution in [0.2, 0.25) is 0 Å². The van der Waals surface area contributed by atoms with Crippen LogP contribution in [-0.2, 0) is 11.3 Å². The number of rotatable bonds is 6. The summed E-state index contributed by atoms with van der Waals surface area (Å²) in [5, 5.41) is 0. The van der Waals surface area contributed by atoms with E-state index >= 15 is 0 Å². The number of benzene rings is 4. The van der Waals surface area contributed by atoms with E-state index in [1.807, 2.05) is 78.9 Å². The molecule has 5 rings (SSSR count). The highest BCUT2D eigenvalue weighted by molar-refractivity contribution is 14.1. The minimum absolute atomic E-state index is 0.180. The van der Waals surface area contributed by atoms with Gasteiger partial charge >= 0.3 is 5.97 Å². The van der Waals surface area contributed by atoms with Crippen molar-refractivity contribution in [1.29, 1.82) is 0 Å². The molecule has 4 aromatic carbocycles. The van der Waals surface area contributed by atoms with E-state index in [-0.39, 0.29) is 6.61 Å². The van der Waals surface area contributed by atoms with Gasteiger partial charge in [-0.25, -0.2) is 19.7 Å². The fourth-order valence-electron chi connectivity index (χ4n) is 3.86. The van der Waals surface area contributed by atoms with E-state index in [9.17, 15) is 4.79 Å². The number of carbonyl (C=O) groups is 1. The summed E-state index contributed by atoms with van der Waals surface area (Å²) in [6.07, 6.45) is 0. The Kier molecular flexibility index (Phi) is 10.1. The van der Waals surface area contributed by atoms with Crippen LogP contribution in [0.1, 0.15) is 15.9 Å². The molecule has 0 unspecified atom stereocenters. The van der Waals surface area contributed by atoms with Crippen molar-refractivity contribution in [2.24, 2.45) is 0 Å². The minimum atomic E-state index is -0.427. The first-order valence-corrected chi connectivity index (χ1v) is 16.9. The van der Waals surface area contributed by atoms with Crippen molar-refractivity contribution in [3.8, 4) is 34.2 Å². The summed E-state index contributed by atoms with van der Waals surface area (Å²) >= 11 is 11.5. The SMILES string of the molecule is O=C(OCc1ccccc1)c1cccc(I)c1-c1nc(-c2c(I)cccc2I)nc(-c2c(I)cccc2I)n1. The van der Waals surface area contributed by atoms with Crippen LogP contribution in [0, 0.1) is 17.9 Å². The van der Waals surface area contributed by atoms with E-state index in [0.29, 0.717) is 28.6 Å². The van der Waals surface area contributed by atoms with Gasteiger partial charge in [-0.1, -0.05) is 48.5 Å². The third-order valence-electron chi connectivity index (χ3n) is 5.68. The molecule has 194 valence electrons. The molecule has 5 nitrogen and oxygen atoms in total. The largest absolute Gasteiger partial charge is 0.457 e. The van der Waals surface area contributed by atoms with E-state index in [1.54, 1.807) is 6.07 Å². The van der Waals surface area contributed by atoms with Crippen molar-refractivity contribution >= 4 is 119 Å². The zero-order chi connectivity index (χ0) is 27.5. The first-order chi connectivity index (χ1) is 18.8. The molecule has 10 heteroatoms. The van der Waals surface area contributed by atoms with Crippen LogP contribution in [0.5, 0.6) is 0 Å². The van der Waals surface area contributed by atoms with Crippen LogP contribution in [0.25, 0.3) is 34.2 Å². The quantitative estimate of drug-likeness (QED) is 0.126. The molecule has 1 heterocycles. The maximum Gasteiger partial charge on any atom is 0.339 e. The molecule has 5 aromatic rings. The number of aromatic nitrogens is 3. The molecule has 0 saturated heterocycles. The highest BCUT2D eigenvalue weighted by Gasteiger charge is 2.24. The number of halogens is 5. The first kappa shape index (κ1) is 29.5. The van der Waals surface area contributed by atoms with Gasteiger partial charge in [0.15, 0.2) is 17.5 Å². The average molecular weight is 1070 g/mol. The zero-order valence-electron chi connectivity index (χ0n) is 19.8. The molecule has 0 saturated carbocycles. The predicted molar refractivity (Wildman–Crippen MR) is 195 cm³/mol. The van der Waals surface area contributed by atoms with Gasteiger partial charge in [0.05, 0.1) is 5.56 Å². The fraction of sp³-hybridized carbons (Fsp3) is 0.0345. The molecule has 0 atom stereocenters. The molecule has 0 radical (unpaired) electrons. The summed E-state index contributed by atoms with van der Waals surface area (Å²) in [4.78, 5) is 28.3. The molecular weight excluding hydrogens is 1060 g/mol. The van der Waals surface area contributed by atoms with E-state index in [4.69, 9.17) is 19.7 Å². The third-order valence-corrected chi connectivity index (χ3v) is 10.2. The fourth-order valence-corrected chi connectivity index (χ4v) is 8.59. The number of carbonyl (C=O) groups excluding carboxylic acids is 1. The summed E-state index contributed by atoms with van der Waals surface area (Å²) in [6.45, 7) is 0.180. The third kappa shape index (κ3) is 6.74. The zero-order valence-corrected chi connectivity index (χ0v) is 30.6. The van der Waals surface area contributed by atoms with Crippen molar-refractivity contribution in [2.75, 3.05) is 0 Å². The van der Waals surface area contributed by atoms with Gasteiger partial charge in [-0.2, -0.15) is 0 Å². The second-order valence-corrected chi connectivity index (χ2v) is 14.0. The van der Waals surface area contributed by atoms with Crippen molar-refractivity contribution in [1.82, 2.24) is 15.0 Å². The Morgan fingerprint density at radius 3 is 1.44 bits per heavy atom. The Morgan fingerprint density at radius 1 is 0.538 bits per heavy atom. The maximum absolute atomic E-state index is 13.4. The van der Waals surface area contributed by atoms with Crippen LogP contribution in [0.4, 0.5) is 0 Å². The molecule has 0 aliphatic carbocycles. The van der Waals surface area contributed by atoms with Gasteiger partial charge in [-0.05, 0) is 155 Å². The van der Waals surface area contributed by atoms with Gasteiger partial charge in [-0.3, -0.25) is 0 Å². The van der Waals surface area contributed by atoms with Crippen molar-refractivity contribution in [3.05, 3.63) is 114 Å². The molecule has 1 aromatic heterocycles. The number of esters is 1. The van der Waals surface area contributed by atoms with Crippen LogP contribution in [0.15, 0.2) is 84.9 Å². The van der Waals surface area contributed by atoms with E-state index in [0.717, 1.165) is 34.5 Å². The minimum Gasteiger partial charge on any atom is -0.457 e. The molecule has 0 bridgehead atoms. The Labute approximate surface area is 294 Å². The summed E-state index contributed by atoms with van der Waals surface area (Å²) in [6, 6.07) is 27.4. The monoisotopic (exact) mass is 1070 g/mol. The highest BCUT2D eigenvalue weighted by Crippen LogP contribution is 2.35. The lowest BCUT2D eigenvalue weighted by atomic mass is 10.1. The van der Waals surface area contributed by atoms with Gasteiger partial charge in [0.25, 0.3) is 0 Å². The van der Waals surface area contributed by atoms with E-state index in [2.05, 4.69) is 113 Å². The molecule has 0 aliphatic heterocycles. The second kappa shape index (κ2) is 13.3. The lowest BCUT2D eigenvalue weighted by Gasteiger charge is -2.15. The number of nitrogens with zero attached hydrogens (tertiary/aromatic N) is 3. The standard InChI is InChI=1S/C29H16I5N3O2/c30-18-10-4-9-17(29(38)39-15-16-7-2-1-3-8-16)23(18)26-35-27(24-19(31)11-5-12-20(24)32)37-28(36-26)25-21(33)13-6-14-22(25)34/h1-14H,15H2. The maximum atomic E-state index is 13.4. The molecule has 0 spiro atoms.